The van der Waals surface area contributed by atoms with Crippen LogP contribution in [0.25, 0.3) is 0 Å². The summed E-state index contributed by atoms with van der Waals surface area (Å²) < 4.78 is 2.29. The van der Waals surface area contributed by atoms with Gasteiger partial charge in [0, 0.05) is 17.6 Å². The van der Waals surface area contributed by atoms with Crippen molar-refractivity contribution >= 4 is 23.4 Å². The smallest absolute Gasteiger partial charge is 0.234 e. The summed E-state index contributed by atoms with van der Waals surface area (Å²) in [5.41, 5.74) is 2.13. The Kier molecular flexibility index (Phi) is 5.02. The van der Waals surface area contributed by atoms with Crippen molar-refractivity contribution in [1.82, 2.24) is 14.8 Å². The summed E-state index contributed by atoms with van der Waals surface area (Å²) in [5, 5.41) is 12.8. The van der Waals surface area contributed by atoms with Crippen LogP contribution in [0.1, 0.15) is 75.2 Å². The van der Waals surface area contributed by atoms with Gasteiger partial charge in [0.2, 0.25) is 5.91 Å². The molecule has 2 aliphatic carbocycles. The summed E-state index contributed by atoms with van der Waals surface area (Å²) >= 11 is 1.51. The predicted octanol–water partition coefficient (Wildman–Crippen LogP) is 4.73. The molecule has 1 aromatic heterocycles. The fourth-order valence-corrected chi connectivity index (χ4v) is 4.07. The van der Waals surface area contributed by atoms with E-state index in [-0.39, 0.29) is 5.91 Å². The van der Waals surface area contributed by atoms with Gasteiger partial charge in [-0.3, -0.25) is 4.79 Å². The molecule has 2 saturated carbocycles. The second-order valence-electron chi connectivity index (χ2n) is 7.45. The second-order valence-corrected chi connectivity index (χ2v) is 8.39. The van der Waals surface area contributed by atoms with Crippen molar-refractivity contribution in [3.8, 4) is 0 Å². The minimum absolute atomic E-state index is 0.0177. The van der Waals surface area contributed by atoms with Crippen LogP contribution in [-0.4, -0.2) is 26.4 Å². The quantitative estimate of drug-likeness (QED) is 0.682. The molecule has 1 atom stereocenters. The molecule has 0 saturated heterocycles. The van der Waals surface area contributed by atoms with Gasteiger partial charge in [-0.2, -0.15) is 0 Å². The molecule has 6 heteroatoms. The van der Waals surface area contributed by atoms with Crippen molar-refractivity contribution in [3.05, 3.63) is 35.7 Å². The highest BCUT2D eigenvalue weighted by Crippen LogP contribution is 2.46. The van der Waals surface area contributed by atoms with Crippen molar-refractivity contribution in [3.63, 3.8) is 0 Å². The Morgan fingerprint density at radius 3 is 2.73 bits per heavy atom. The number of nitrogens with one attached hydrogen (secondary N) is 1. The number of nitrogens with zero attached hydrogens (tertiary/aromatic N) is 3. The third-order valence-electron chi connectivity index (χ3n) is 5.26. The molecule has 138 valence electrons. The van der Waals surface area contributed by atoms with Gasteiger partial charge in [0.05, 0.1) is 5.75 Å². The second kappa shape index (κ2) is 7.43. The van der Waals surface area contributed by atoms with Gasteiger partial charge in [-0.15, -0.1) is 10.2 Å². The van der Waals surface area contributed by atoms with E-state index < -0.39 is 0 Å². The predicted molar refractivity (Wildman–Crippen MR) is 105 cm³/mol. The molecule has 4 rings (SSSR count). The first-order valence-corrected chi connectivity index (χ1v) is 10.6. The Labute approximate surface area is 159 Å². The summed E-state index contributed by atoms with van der Waals surface area (Å²) in [5.74, 6) is 2.54. The van der Waals surface area contributed by atoms with Crippen LogP contribution in [0.2, 0.25) is 0 Å². The van der Waals surface area contributed by atoms with Crippen molar-refractivity contribution < 1.29 is 4.79 Å². The lowest BCUT2D eigenvalue weighted by Crippen LogP contribution is -2.16. The number of hydrogen-bond acceptors (Lipinski definition) is 4. The molecule has 1 amide bonds. The molecule has 0 radical (unpaired) electrons. The van der Waals surface area contributed by atoms with Gasteiger partial charge in [-0.25, -0.2) is 0 Å². The Hall–Kier alpha value is -1.82. The molecule has 0 aliphatic heterocycles. The van der Waals surface area contributed by atoms with Crippen LogP contribution in [0.5, 0.6) is 0 Å². The van der Waals surface area contributed by atoms with Gasteiger partial charge in [0.1, 0.15) is 5.82 Å². The van der Waals surface area contributed by atoms with E-state index in [0.717, 1.165) is 23.1 Å². The first kappa shape index (κ1) is 17.6. The fourth-order valence-electron chi connectivity index (χ4n) is 3.26. The van der Waals surface area contributed by atoms with E-state index in [1.54, 1.807) is 0 Å². The Bertz CT molecular complexity index is 795. The molecular weight excluding hydrogens is 344 g/mol. The monoisotopic (exact) mass is 370 g/mol. The maximum Gasteiger partial charge on any atom is 0.234 e. The topological polar surface area (TPSA) is 59.8 Å². The lowest BCUT2D eigenvalue weighted by atomic mass is 9.97. The maximum absolute atomic E-state index is 12.5. The number of thioether (sulfide) groups is 1. The van der Waals surface area contributed by atoms with E-state index in [1.807, 2.05) is 18.2 Å². The van der Waals surface area contributed by atoms with Gasteiger partial charge < -0.3 is 9.88 Å². The minimum atomic E-state index is 0.0177. The Morgan fingerprint density at radius 2 is 2.04 bits per heavy atom. The number of aromatic nitrogens is 3. The average Bonchev–Trinajstić information content (AvgIpc) is 3.58. The lowest BCUT2D eigenvalue weighted by molar-refractivity contribution is -0.113. The molecule has 1 aromatic carbocycles. The van der Waals surface area contributed by atoms with E-state index in [1.165, 1.54) is 43.0 Å². The number of anilines is 1. The molecule has 2 aromatic rings. The molecule has 0 unspecified atom stereocenters. The van der Waals surface area contributed by atoms with Crippen LogP contribution < -0.4 is 5.32 Å². The zero-order chi connectivity index (χ0) is 18.1. The summed E-state index contributed by atoms with van der Waals surface area (Å²) in [6, 6.07) is 8.64. The highest BCUT2D eigenvalue weighted by atomic mass is 32.2. The number of hydrogen-bond donors (Lipinski definition) is 1. The van der Waals surface area contributed by atoms with Crippen LogP contribution in [0, 0.1) is 0 Å². The number of amides is 1. The number of rotatable bonds is 8. The first-order chi connectivity index (χ1) is 12.7. The van der Waals surface area contributed by atoms with Gasteiger partial charge in [-0.1, -0.05) is 43.8 Å². The highest BCUT2D eigenvalue weighted by Gasteiger charge is 2.36. The Balaban J connectivity index is 1.41. The van der Waals surface area contributed by atoms with Crippen LogP contribution in [0.4, 0.5) is 5.69 Å². The average molecular weight is 371 g/mol. The largest absolute Gasteiger partial charge is 0.325 e. The highest BCUT2D eigenvalue weighted by molar-refractivity contribution is 7.99. The van der Waals surface area contributed by atoms with Gasteiger partial charge in [0.25, 0.3) is 0 Å². The van der Waals surface area contributed by atoms with E-state index in [9.17, 15) is 4.79 Å². The molecule has 5 nitrogen and oxygen atoms in total. The van der Waals surface area contributed by atoms with Crippen LogP contribution >= 0.6 is 11.8 Å². The van der Waals surface area contributed by atoms with Crippen molar-refractivity contribution in [2.24, 2.45) is 0 Å². The molecule has 1 heterocycles. The molecule has 0 bridgehead atoms. The van der Waals surface area contributed by atoms with Gasteiger partial charge >= 0.3 is 0 Å². The van der Waals surface area contributed by atoms with Gasteiger partial charge in [0.15, 0.2) is 5.16 Å². The standard InChI is InChI=1S/C20H26N4OS/c1-3-13(2)16-6-4-5-7-17(16)21-18(25)12-26-20-23-22-19(14-8-9-14)24(20)15-10-11-15/h4-7,13-15H,3,8-12H2,1-2H3,(H,21,25)/t13-/m1/s1. The summed E-state index contributed by atoms with van der Waals surface area (Å²) in [7, 11) is 0. The maximum atomic E-state index is 12.5. The summed E-state index contributed by atoms with van der Waals surface area (Å²) in [6.45, 7) is 4.36. The zero-order valence-electron chi connectivity index (χ0n) is 15.4. The van der Waals surface area contributed by atoms with Crippen LogP contribution in [0.3, 0.4) is 0 Å². The lowest BCUT2D eigenvalue weighted by Gasteiger charge is -2.15. The third-order valence-corrected chi connectivity index (χ3v) is 6.20. The first-order valence-electron chi connectivity index (χ1n) is 9.63. The molecule has 1 N–H and O–H groups in total. The SMILES string of the molecule is CC[C@@H](C)c1ccccc1NC(=O)CSc1nnc(C2CC2)n1C1CC1. The van der Waals surface area contributed by atoms with Crippen molar-refractivity contribution in [1.29, 1.82) is 0 Å². The summed E-state index contributed by atoms with van der Waals surface area (Å²) in [6.07, 6.45) is 5.92. The fraction of sp³-hybridized carbons (Fsp3) is 0.550. The molecule has 26 heavy (non-hydrogen) atoms. The van der Waals surface area contributed by atoms with E-state index in [4.69, 9.17) is 0 Å². The number of carbonyl (C=O) groups is 1. The van der Waals surface area contributed by atoms with Crippen LogP contribution in [-0.2, 0) is 4.79 Å². The van der Waals surface area contributed by atoms with Gasteiger partial charge in [-0.05, 0) is 49.7 Å². The van der Waals surface area contributed by atoms with E-state index >= 15 is 0 Å². The number of para-hydroxylation sites is 1. The number of carbonyl (C=O) groups excluding carboxylic acids is 1. The van der Waals surface area contributed by atoms with Crippen molar-refractivity contribution in [2.45, 2.75) is 69.0 Å². The molecule has 2 fully saturated rings. The molecular formula is C20H26N4OS. The number of benzene rings is 1. The molecule has 2 aliphatic rings. The third kappa shape index (κ3) is 3.80. The molecule has 0 spiro atoms. The van der Waals surface area contributed by atoms with Crippen LogP contribution in [0.15, 0.2) is 29.4 Å². The Morgan fingerprint density at radius 1 is 1.27 bits per heavy atom. The van der Waals surface area contributed by atoms with E-state index in [0.29, 0.717) is 23.6 Å². The van der Waals surface area contributed by atoms with Crippen molar-refractivity contribution in [2.75, 3.05) is 11.1 Å². The van der Waals surface area contributed by atoms with E-state index in [2.05, 4.69) is 40.0 Å². The normalized spacial score (nSPS) is 17.9. The summed E-state index contributed by atoms with van der Waals surface area (Å²) in [4.78, 5) is 12.5. The zero-order valence-corrected chi connectivity index (χ0v) is 16.3. The minimum Gasteiger partial charge on any atom is -0.325 e.